The van der Waals surface area contributed by atoms with Gasteiger partial charge in [-0.3, -0.25) is 0 Å². The highest BCUT2D eigenvalue weighted by Crippen LogP contribution is 2.39. The Labute approximate surface area is 203 Å². The summed E-state index contributed by atoms with van der Waals surface area (Å²) >= 11 is 1.74. The first-order valence-corrected chi connectivity index (χ1v) is 16.7. The van der Waals surface area contributed by atoms with Crippen LogP contribution in [0.25, 0.3) is 21.6 Å². The maximum Gasteiger partial charge on any atom is 0.140 e. The van der Waals surface area contributed by atoms with Crippen molar-refractivity contribution in [2.24, 2.45) is 0 Å². The molecule has 0 aromatic carbocycles. The normalized spacial score (nSPS) is 20.9. The Hall–Kier alpha value is -1.74. The number of ether oxygens (including phenoxy) is 1. The van der Waals surface area contributed by atoms with Crippen molar-refractivity contribution in [3.05, 3.63) is 29.5 Å². The predicted molar refractivity (Wildman–Crippen MR) is 143 cm³/mol. The van der Waals surface area contributed by atoms with Crippen molar-refractivity contribution in [1.29, 1.82) is 0 Å². The minimum absolute atomic E-state index is 0.308. The Morgan fingerprint density at radius 2 is 2.03 bits per heavy atom. The minimum Gasteiger partial charge on any atom is -0.385 e. The maximum atomic E-state index is 4.95. The van der Waals surface area contributed by atoms with E-state index in [4.69, 9.17) is 4.74 Å². The van der Waals surface area contributed by atoms with Crippen molar-refractivity contribution in [1.82, 2.24) is 20.3 Å². The molecule has 3 aromatic heterocycles. The molecule has 2 N–H and O–H groups in total. The van der Waals surface area contributed by atoms with Crippen molar-refractivity contribution in [3.63, 3.8) is 0 Å². The van der Waals surface area contributed by atoms with Crippen molar-refractivity contribution in [2.45, 2.75) is 63.8 Å². The zero-order valence-electron chi connectivity index (χ0n) is 20.8. The van der Waals surface area contributed by atoms with E-state index in [0.717, 1.165) is 36.9 Å². The molecule has 180 valence electrons. The smallest absolute Gasteiger partial charge is 0.140 e. The average molecular weight is 486 g/mol. The molecule has 33 heavy (non-hydrogen) atoms. The number of nitrogens with zero attached hydrogens (tertiary/aromatic N) is 3. The monoisotopic (exact) mass is 485 g/mol. The van der Waals surface area contributed by atoms with Gasteiger partial charge in [-0.2, -0.15) is 0 Å². The van der Waals surface area contributed by atoms with E-state index in [0.29, 0.717) is 5.54 Å². The van der Waals surface area contributed by atoms with Gasteiger partial charge >= 0.3 is 0 Å². The van der Waals surface area contributed by atoms with E-state index in [1.54, 1.807) is 18.4 Å². The second-order valence-electron chi connectivity index (χ2n) is 10.7. The summed E-state index contributed by atoms with van der Waals surface area (Å²) in [6.07, 6.45) is 11.1. The third kappa shape index (κ3) is 5.85. The molecule has 2 aliphatic rings. The quantitative estimate of drug-likeness (QED) is 0.455. The average Bonchev–Trinajstić information content (AvgIpc) is 3.52. The summed E-state index contributed by atoms with van der Waals surface area (Å²) in [5.41, 5.74) is 3.73. The maximum absolute atomic E-state index is 4.95. The van der Waals surface area contributed by atoms with Crippen LogP contribution in [0.1, 0.15) is 30.6 Å². The summed E-state index contributed by atoms with van der Waals surface area (Å²) < 4.78 is 4.95. The van der Waals surface area contributed by atoms with Crippen molar-refractivity contribution >= 4 is 36.1 Å². The number of aromatic amines is 1. The molecule has 0 saturated carbocycles. The van der Waals surface area contributed by atoms with Gasteiger partial charge in [0.2, 0.25) is 0 Å². The Kier molecular flexibility index (Phi) is 7.58. The SMILES string of the molecule is COCC[Si](C)(C)C.Cc1cnc(-c2c[nH]c3nccc(N4CCCC5(CCCN5)C4)c23)s1. The van der Waals surface area contributed by atoms with Crippen LogP contribution in [0.15, 0.2) is 24.7 Å². The van der Waals surface area contributed by atoms with E-state index in [1.165, 1.54) is 53.2 Å². The zero-order chi connectivity index (χ0) is 23.5. The third-order valence-electron chi connectivity index (χ3n) is 6.71. The van der Waals surface area contributed by atoms with Gasteiger partial charge < -0.3 is 19.9 Å². The van der Waals surface area contributed by atoms with Gasteiger partial charge in [0, 0.05) is 69.5 Å². The van der Waals surface area contributed by atoms with Crippen LogP contribution >= 0.6 is 11.3 Å². The number of hydrogen-bond acceptors (Lipinski definition) is 6. The zero-order valence-corrected chi connectivity index (χ0v) is 22.6. The van der Waals surface area contributed by atoms with Crippen LogP contribution in [0.4, 0.5) is 5.69 Å². The molecular weight excluding hydrogens is 446 g/mol. The van der Waals surface area contributed by atoms with Crippen LogP contribution < -0.4 is 10.2 Å². The summed E-state index contributed by atoms with van der Waals surface area (Å²) in [6, 6.07) is 3.46. The van der Waals surface area contributed by atoms with Gasteiger partial charge in [-0.25, -0.2) is 9.97 Å². The van der Waals surface area contributed by atoms with E-state index in [2.05, 4.69) is 64.0 Å². The number of rotatable bonds is 5. The summed E-state index contributed by atoms with van der Waals surface area (Å²) in [4.78, 5) is 16.3. The van der Waals surface area contributed by atoms with Crippen LogP contribution in [-0.2, 0) is 4.74 Å². The number of methoxy groups -OCH3 is 1. The van der Waals surface area contributed by atoms with Crippen molar-refractivity contribution in [3.8, 4) is 10.6 Å². The fourth-order valence-corrected chi connectivity index (χ4v) is 6.52. The Balaban J connectivity index is 0.000000281. The molecule has 1 unspecified atom stereocenters. The number of aromatic nitrogens is 3. The van der Waals surface area contributed by atoms with Gasteiger partial charge in [0.25, 0.3) is 0 Å². The van der Waals surface area contributed by atoms with Gasteiger partial charge in [-0.05, 0) is 51.3 Å². The summed E-state index contributed by atoms with van der Waals surface area (Å²) in [5, 5.41) is 6.08. The van der Waals surface area contributed by atoms with Crippen LogP contribution in [0.5, 0.6) is 0 Å². The Morgan fingerprint density at radius 1 is 1.21 bits per heavy atom. The van der Waals surface area contributed by atoms with E-state index < -0.39 is 8.07 Å². The summed E-state index contributed by atoms with van der Waals surface area (Å²) in [7, 11) is 0.961. The molecule has 0 bridgehead atoms. The number of H-pyrrole nitrogens is 1. The molecule has 3 aromatic rings. The molecule has 1 atom stereocenters. The number of fused-ring (bicyclic) bond motifs is 1. The van der Waals surface area contributed by atoms with Crippen LogP contribution in [0, 0.1) is 6.92 Å². The summed E-state index contributed by atoms with van der Waals surface area (Å²) in [6.45, 7) is 13.5. The number of aryl methyl sites for hydroxylation is 1. The molecule has 8 heteroatoms. The van der Waals surface area contributed by atoms with E-state index >= 15 is 0 Å². The highest BCUT2D eigenvalue weighted by molar-refractivity contribution is 7.15. The lowest BCUT2D eigenvalue weighted by molar-refractivity contribution is 0.214. The number of anilines is 1. The topological polar surface area (TPSA) is 66.1 Å². The first-order valence-electron chi connectivity index (χ1n) is 12.2. The van der Waals surface area contributed by atoms with E-state index in [-0.39, 0.29) is 0 Å². The largest absolute Gasteiger partial charge is 0.385 e. The van der Waals surface area contributed by atoms with Gasteiger partial charge in [0.05, 0.1) is 11.1 Å². The lowest BCUT2D eigenvalue weighted by atomic mass is 9.87. The first kappa shape index (κ1) is 24.4. The van der Waals surface area contributed by atoms with Crippen molar-refractivity contribution in [2.75, 3.05) is 38.3 Å². The van der Waals surface area contributed by atoms with Gasteiger partial charge in [0.1, 0.15) is 10.7 Å². The lowest BCUT2D eigenvalue weighted by Gasteiger charge is -2.42. The number of piperidine rings is 1. The van der Waals surface area contributed by atoms with Crippen LogP contribution in [0.3, 0.4) is 0 Å². The minimum atomic E-state index is -0.803. The molecule has 2 saturated heterocycles. The molecule has 1 spiro atoms. The Morgan fingerprint density at radius 3 is 2.67 bits per heavy atom. The molecule has 0 aliphatic carbocycles. The molecule has 0 amide bonds. The van der Waals surface area contributed by atoms with Crippen molar-refractivity contribution < 1.29 is 4.74 Å². The van der Waals surface area contributed by atoms with E-state index in [1.807, 2.05) is 12.4 Å². The van der Waals surface area contributed by atoms with E-state index in [9.17, 15) is 0 Å². The highest BCUT2D eigenvalue weighted by atomic mass is 32.1. The second-order valence-corrected chi connectivity index (χ2v) is 17.5. The molecule has 5 rings (SSSR count). The second kappa shape index (κ2) is 10.3. The molecule has 2 aliphatic heterocycles. The fourth-order valence-electron chi connectivity index (χ4n) is 4.91. The molecule has 5 heterocycles. The molecular formula is C25H39N5OSSi. The molecule has 0 radical (unpaired) electrons. The van der Waals surface area contributed by atoms with Gasteiger partial charge in [-0.15, -0.1) is 11.3 Å². The summed E-state index contributed by atoms with van der Waals surface area (Å²) in [5.74, 6) is 0. The first-order chi connectivity index (χ1) is 15.8. The molecule has 6 nitrogen and oxygen atoms in total. The standard InChI is InChI=1S/C19H23N5S.C6H16OSi/c1-13-10-22-18(25-13)14-11-21-17-16(14)15(4-8-20-17)24-9-3-6-19(12-24)5-2-7-23-19;1-7-5-6-8(2,3)4/h4,8,10-11,23H,2-3,5-7,9,12H2,1H3,(H,20,21);5-6H2,1-4H3. The number of thiazole rings is 1. The molecule has 2 fully saturated rings. The van der Waals surface area contributed by atoms with Gasteiger partial charge in [-0.1, -0.05) is 19.6 Å². The lowest BCUT2D eigenvalue weighted by Crippen LogP contribution is -2.54. The third-order valence-corrected chi connectivity index (χ3v) is 9.36. The Bertz CT molecular complexity index is 1050. The van der Waals surface area contributed by atoms with Crippen LogP contribution in [-0.4, -0.2) is 61.9 Å². The number of nitrogens with one attached hydrogen (secondary N) is 2. The fraction of sp³-hybridized carbons (Fsp3) is 0.600. The van der Waals surface area contributed by atoms with Crippen LogP contribution in [0.2, 0.25) is 25.7 Å². The highest BCUT2D eigenvalue weighted by Gasteiger charge is 2.38. The number of hydrogen-bond donors (Lipinski definition) is 2. The van der Waals surface area contributed by atoms with Gasteiger partial charge in [0.15, 0.2) is 0 Å². The predicted octanol–water partition coefficient (Wildman–Crippen LogP) is 5.69. The number of pyridine rings is 1.